The molecule has 3 rings (SSSR count). The molecule has 1 saturated heterocycles. The van der Waals surface area contributed by atoms with Gasteiger partial charge in [-0.1, -0.05) is 47.2 Å². The summed E-state index contributed by atoms with van der Waals surface area (Å²) in [5.41, 5.74) is 0.676. The molecule has 0 aromatic heterocycles. The first-order chi connectivity index (χ1) is 13.3. The molecular formula is C21H21FO5S. The van der Waals surface area contributed by atoms with Crippen molar-refractivity contribution in [2.75, 3.05) is 0 Å². The molecule has 0 aliphatic carbocycles. The number of hydrogen-bond acceptors (Lipinski definition) is 6. The predicted octanol–water partition coefficient (Wildman–Crippen LogP) is 3.72. The number of carbonyl (C=O) groups is 2. The minimum atomic E-state index is -1.86. The molecule has 0 bridgehead atoms. The van der Waals surface area contributed by atoms with Crippen LogP contribution in [-0.2, 0) is 9.47 Å². The van der Waals surface area contributed by atoms with Crippen LogP contribution in [0.15, 0.2) is 42.5 Å². The van der Waals surface area contributed by atoms with Gasteiger partial charge >= 0.3 is 11.9 Å². The van der Waals surface area contributed by atoms with Gasteiger partial charge < -0.3 is 14.6 Å². The molecule has 1 aliphatic rings. The van der Waals surface area contributed by atoms with E-state index in [1.165, 1.54) is 0 Å². The zero-order valence-corrected chi connectivity index (χ0v) is 16.5. The zero-order chi connectivity index (χ0) is 20.4. The monoisotopic (exact) mass is 404 g/mol. The van der Waals surface area contributed by atoms with Crippen LogP contribution in [0.25, 0.3) is 0 Å². The number of esters is 2. The van der Waals surface area contributed by atoms with Gasteiger partial charge in [-0.05, 0) is 44.5 Å². The van der Waals surface area contributed by atoms with Crippen LogP contribution < -0.4 is 0 Å². The molecule has 1 fully saturated rings. The van der Waals surface area contributed by atoms with E-state index in [9.17, 15) is 19.1 Å². The molecule has 28 heavy (non-hydrogen) atoms. The van der Waals surface area contributed by atoms with Gasteiger partial charge in [-0.2, -0.15) is 0 Å². The topological polar surface area (TPSA) is 72.8 Å². The Labute approximate surface area is 166 Å². The van der Waals surface area contributed by atoms with Crippen molar-refractivity contribution in [3.63, 3.8) is 0 Å². The lowest BCUT2D eigenvalue weighted by Gasteiger charge is -2.21. The minimum Gasteiger partial charge on any atom is -0.451 e. The summed E-state index contributed by atoms with van der Waals surface area (Å²) in [6, 6.07) is 11.8. The maximum Gasteiger partial charge on any atom is 0.339 e. The van der Waals surface area contributed by atoms with Gasteiger partial charge in [-0.15, -0.1) is 0 Å². The third kappa shape index (κ3) is 4.36. The van der Waals surface area contributed by atoms with Gasteiger partial charge in [0.2, 0.25) is 0 Å². The van der Waals surface area contributed by atoms with Crippen molar-refractivity contribution < 1.29 is 28.6 Å². The van der Waals surface area contributed by atoms with Gasteiger partial charge in [-0.3, -0.25) is 0 Å². The summed E-state index contributed by atoms with van der Waals surface area (Å²) in [5, 5.41) is 9.84. The van der Waals surface area contributed by atoms with Gasteiger partial charge in [0.25, 0.3) is 0 Å². The second-order valence-corrected chi connectivity index (χ2v) is 8.02. The first-order valence-electron chi connectivity index (χ1n) is 8.80. The first-order valence-corrected chi connectivity index (χ1v) is 9.74. The first kappa shape index (κ1) is 20.4. The number of benzene rings is 2. The highest BCUT2D eigenvalue weighted by molar-refractivity contribution is 8.00. The summed E-state index contributed by atoms with van der Waals surface area (Å²) in [7, 11) is 0. The molecule has 5 nitrogen and oxygen atoms in total. The highest BCUT2D eigenvalue weighted by atomic mass is 32.2. The zero-order valence-electron chi connectivity index (χ0n) is 15.7. The van der Waals surface area contributed by atoms with E-state index < -0.39 is 35.1 Å². The fraction of sp³-hybridized carbons (Fsp3) is 0.333. The Balaban J connectivity index is 1.74. The molecule has 148 valence electrons. The average molecular weight is 404 g/mol. The number of rotatable bonds is 4. The minimum absolute atomic E-state index is 0.253. The van der Waals surface area contributed by atoms with Crippen molar-refractivity contribution in [2.45, 2.75) is 43.9 Å². The Hall–Kier alpha value is -2.38. The molecule has 2 aromatic rings. The standard InChI is InChI=1S/C21H21FO5S/c1-11-4-7-14(8-5-11)18(23)26-17-16(22)20(25)28-21(17)27-19(24)15-9-6-12(2)10-13(15)3/h4-10,16-17,20-21,25H,1-3H3/t16-,17-,20?,21+/m0/s1. The largest absolute Gasteiger partial charge is 0.451 e. The fourth-order valence-electron chi connectivity index (χ4n) is 2.91. The number of halogens is 1. The number of hydrogen-bond donors (Lipinski definition) is 1. The van der Waals surface area contributed by atoms with Gasteiger partial charge in [0.15, 0.2) is 17.7 Å². The van der Waals surface area contributed by atoms with Gasteiger partial charge in [0, 0.05) is 0 Å². The summed E-state index contributed by atoms with van der Waals surface area (Å²) in [4.78, 5) is 24.8. The van der Waals surface area contributed by atoms with Gasteiger partial charge in [0.1, 0.15) is 5.44 Å². The number of aryl methyl sites for hydroxylation is 3. The Bertz CT molecular complexity index is 883. The lowest BCUT2D eigenvalue weighted by atomic mass is 10.1. The number of thioether (sulfide) groups is 1. The number of ether oxygens (including phenoxy) is 2. The van der Waals surface area contributed by atoms with Gasteiger partial charge in [-0.25, -0.2) is 14.0 Å². The molecule has 0 spiro atoms. The highest BCUT2D eigenvalue weighted by Crippen LogP contribution is 2.38. The second kappa shape index (κ2) is 8.32. The predicted molar refractivity (Wildman–Crippen MR) is 104 cm³/mol. The molecule has 1 aliphatic heterocycles. The molecule has 0 amide bonds. The molecule has 1 unspecified atom stereocenters. The molecule has 0 saturated carbocycles. The average Bonchev–Trinajstić information content (AvgIpc) is 2.89. The summed E-state index contributed by atoms with van der Waals surface area (Å²) >= 11 is 0.714. The van der Waals surface area contributed by atoms with Crippen LogP contribution in [0, 0.1) is 20.8 Å². The molecule has 1 N–H and O–H groups in total. The molecule has 7 heteroatoms. The van der Waals surface area contributed by atoms with Crippen LogP contribution in [0.3, 0.4) is 0 Å². The summed E-state index contributed by atoms with van der Waals surface area (Å²) < 4.78 is 25.0. The summed E-state index contributed by atoms with van der Waals surface area (Å²) in [6.07, 6.45) is -3.26. The number of aliphatic hydroxyl groups is 1. The third-order valence-corrected chi connectivity index (χ3v) is 5.66. The highest BCUT2D eigenvalue weighted by Gasteiger charge is 2.49. The number of aliphatic hydroxyl groups excluding tert-OH is 1. The van der Waals surface area contributed by atoms with E-state index in [-0.39, 0.29) is 5.56 Å². The van der Waals surface area contributed by atoms with E-state index in [0.29, 0.717) is 17.3 Å². The Morgan fingerprint density at radius 2 is 1.61 bits per heavy atom. The fourth-order valence-corrected chi connectivity index (χ4v) is 3.99. The Morgan fingerprint density at radius 3 is 2.25 bits per heavy atom. The molecule has 1 heterocycles. The van der Waals surface area contributed by atoms with Gasteiger partial charge in [0.05, 0.1) is 11.1 Å². The molecule has 4 atom stereocenters. The SMILES string of the molecule is Cc1ccc(C(=O)O[C@@H]2[C@H](OC(=O)c3ccc(C)cc3C)SC(O)[C@H]2F)cc1. The van der Waals surface area contributed by atoms with Crippen LogP contribution >= 0.6 is 11.8 Å². The van der Waals surface area contributed by atoms with E-state index in [1.54, 1.807) is 43.3 Å². The van der Waals surface area contributed by atoms with Crippen molar-refractivity contribution in [1.82, 2.24) is 0 Å². The van der Waals surface area contributed by atoms with Crippen LogP contribution in [0.2, 0.25) is 0 Å². The van der Waals surface area contributed by atoms with Crippen molar-refractivity contribution >= 4 is 23.7 Å². The van der Waals surface area contributed by atoms with Crippen molar-refractivity contribution in [3.05, 3.63) is 70.3 Å². The number of alkyl halides is 1. The lowest BCUT2D eigenvalue weighted by molar-refractivity contribution is -0.0388. The maximum absolute atomic E-state index is 14.4. The normalized spacial score (nSPS) is 24.0. The van der Waals surface area contributed by atoms with Crippen molar-refractivity contribution in [1.29, 1.82) is 0 Å². The third-order valence-electron chi connectivity index (χ3n) is 4.48. The summed E-state index contributed by atoms with van der Waals surface area (Å²) in [5.74, 6) is -1.40. The summed E-state index contributed by atoms with van der Waals surface area (Å²) in [6.45, 7) is 5.55. The number of carbonyl (C=O) groups excluding carboxylic acids is 2. The van der Waals surface area contributed by atoms with Crippen molar-refractivity contribution in [3.8, 4) is 0 Å². The van der Waals surface area contributed by atoms with E-state index in [1.807, 2.05) is 19.9 Å². The molecule has 0 radical (unpaired) electrons. The van der Waals surface area contributed by atoms with E-state index in [4.69, 9.17) is 9.47 Å². The Kier molecular flexibility index (Phi) is 6.05. The molecule has 2 aromatic carbocycles. The van der Waals surface area contributed by atoms with Crippen LogP contribution in [-0.4, -0.2) is 40.2 Å². The quantitative estimate of drug-likeness (QED) is 0.783. The smallest absolute Gasteiger partial charge is 0.339 e. The van der Waals surface area contributed by atoms with Crippen LogP contribution in [0.4, 0.5) is 4.39 Å². The Morgan fingerprint density at radius 1 is 0.964 bits per heavy atom. The van der Waals surface area contributed by atoms with Crippen molar-refractivity contribution in [2.24, 2.45) is 0 Å². The molecular weight excluding hydrogens is 383 g/mol. The van der Waals surface area contributed by atoms with Crippen LogP contribution in [0.5, 0.6) is 0 Å². The lowest BCUT2D eigenvalue weighted by Crippen LogP contribution is -2.36. The van der Waals surface area contributed by atoms with E-state index in [2.05, 4.69) is 0 Å². The van der Waals surface area contributed by atoms with Crippen LogP contribution in [0.1, 0.15) is 37.4 Å². The van der Waals surface area contributed by atoms with E-state index >= 15 is 0 Å². The van der Waals surface area contributed by atoms with E-state index in [0.717, 1.165) is 16.7 Å². The maximum atomic E-state index is 14.4. The second-order valence-electron chi connectivity index (χ2n) is 6.80.